The second kappa shape index (κ2) is 7.98. The molecular formula is C23H19N3O3. The van der Waals surface area contributed by atoms with Crippen molar-refractivity contribution in [1.29, 1.82) is 0 Å². The van der Waals surface area contributed by atoms with Gasteiger partial charge in [-0.15, -0.1) is 0 Å². The van der Waals surface area contributed by atoms with Crippen molar-refractivity contribution in [2.75, 3.05) is 12.4 Å². The van der Waals surface area contributed by atoms with Crippen molar-refractivity contribution in [3.8, 4) is 28.6 Å². The summed E-state index contributed by atoms with van der Waals surface area (Å²) in [5.41, 5.74) is 3.59. The molecule has 1 heterocycles. The Morgan fingerprint density at radius 2 is 1.69 bits per heavy atom. The number of hydrogen-bond acceptors (Lipinski definition) is 5. The summed E-state index contributed by atoms with van der Waals surface area (Å²) >= 11 is 0. The first-order valence-electron chi connectivity index (χ1n) is 9.10. The molecule has 0 spiro atoms. The summed E-state index contributed by atoms with van der Waals surface area (Å²) in [5, 5.41) is 7.02. The van der Waals surface area contributed by atoms with E-state index in [0.29, 0.717) is 28.5 Å². The summed E-state index contributed by atoms with van der Waals surface area (Å²) in [5.74, 6) is 1.35. The van der Waals surface area contributed by atoms with E-state index in [2.05, 4.69) is 15.5 Å². The topological polar surface area (TPSA) is 77.3 Å². The van der Waals surface area contributed by atoms with E-state index in [1.54, 1.807) is 13.2 Å². The normalized spacial score (nSPS) is 10.6. The summed E-state index contributed by atoms with van der Waals surface area (Å²) in [6.07, 6.45) is 0. The molecule has 4 rings (SSSR count). The highest BCUT2D eigenvalue weighted by Crippen LogP contribution is 2.29. The lowest BCUT2D eigenvalue weighted by molar-refractivity contribution is 0.102. The second-order valence-electron chi connectivity index (χ2n) is 6.47. The van der Waals surface area contributed by atoms with Gasteiger partial charge in [0.05, 0.1) is 18.4 Å². The minimum atomic E-state index is -0.189. The Kier molecular flexibility index (Phi) is 5.07. The number of rotatable bonds is 5. The van der Waals surface area contributed by atoms with Crippen molar-refractivity contribution in [1.82, 2.24) is 10.1 Å². The Labute approximate surface area is 168 Å². The van der Waals surface area contributed by atoms with Crippen LogP contribution in [0.15, 0.2) is 77.3 Å². The highest BCUT2D eigenvalue weighted by molar-refractivity contribution is 6.06. The number of aromatic nitrogens is 2. The average Bonchev–Trinajstić information content (AvgIpc) is 3.24. The molecule has 0 saturated carbocycles. The third kappa shape index (κ3) is 3.87. The summed E-state index contributed by atoms with van der Waals surface area (Å²) in [6.45, 7) is 1.90. The van der Waals surface area contributed by atoms with Gasteiger partial charge in [0.25, 0.3) is 11.8 Å². The van der Waals surface area contributed by atoms with Crippen LogP contribution in [0.25, 0.3) is 22.8 Å². The summed E-state index contributed by atoms with van der Waals surface area (Å²) < 4.78 is 10.6. The van der Waals surface area contributed by atoms with Crippen LogP contribution in [0.3, 0.4) is 0 Å². The number of nitrogens with zero attached hydrogens (tertiary/aromatic N) is 2. The largest absolute Gasteiger partial charge is 0.497 e. The molecule has 1 aromatic heterocycles. The lowest BCUT2D eigenvalue weighted by Gasteiger charge is -2.10. The standard InChI is InChI=1S/C23H19N3O3/c1-15-7-3-4-8-18(15)22(27)24-20-10-6-5-9-19(20)23-25-21(26-29-23)16-11-13-17(28-2)14-12-16/h3-14H,1-2H3,(H,24,27). The molecule has 4 aromatic rings. The van der Waals surface area contributed by atoms with Crippen LogP contribution >= 0.6 is 0 Å². The molecule has 6 heteroatoms. The van der Waals surface area contributed by atoms with Crippen LogP contribution in [0.2, 0.25) is 0 Å². The quantitative estimate of drug-likeness (QED) is 0.525. The lowest BCUT2D eigenvalue weighted by Crippen LogP contribution is -2.13. The molecular weight excluding hydrogens is 366 g/mol. The van der Waals surface area contributed by atoms with Crippen LogP contribution in [0.4, 0.5) is 5.69 Å². The van der Waals surface area contributed by atoms with Gasteiger partial charge in [-0.3, -0.25) is 4.79 Å². The van der Waals surface area contributed by atoms with E-state index >= 15 is 0 Å². The van der Waals surface area contributed by atoms with Gasteiger partial charge in [0, 0.05) is 11.1 Å². The first-order chi connectivity index (χ1) is 14.2. The Morgan fingerprint density at radius 3 is 2.45 bits per heavy atom. The molecule has 0 aliphatic carbocycles. The predicted molar refractivity (Wildman–Crippen MR) is 111 cm³/mol. The third-order valence-electron chi connectivity index (χ3n) is 4.57. The van der Waals surface area contributed by atoms with Gasteiger partial charge >= 0.3 is 0 Å². The summed E-state index contributed by atoms with van der Waals surface area (Å²) in [4.78, 5) is 17.2. The van der Waals surface area contributed by atoms with Crippen LogP contribution in [0, 0.1) is 6.92 Å². The minimum Gasteiger partial charge on any atom is -0.497 e. The number of hydrogen-bond donors (Lipinski definition) is 1. The molecule has 0 bridgehead atoms. The average molecular weight is 385 g/mol. The van der Waals surface area contributed by atoms with Crippen LogP contribution < -0.4 is 10.1 Å². The van der Waals surface area contributed by atoms with E-state index < -0.39 is 0 Å². The van der Waals surface area contributed by atoms with Crippen molar-refractivity contribution < 1.29 is 14.1 Å². The molecule has 0 unspecified atom stereocenters. The molecule has 0 aliphatic heterocycles. The maximum absolute atomic E-state index is 12.7. The first kappa shape index (κ1) is 18.4. The number of carbonyl (C=O) groups is 1. The number of methoxy groups -OCH3 is 1. The molecule has 3 aromatic carbocycles. The van der Waals surface area contributed by atoms with Crippen LogP contribution in [0.5, 0.6) is 5.75 Å². The number of nitrogens with one attached hydrogen (secondary N) is 1. The monoisotopic (exact) mass is 385 g/mol. The third-order valence-corrected chi connectivity index (χ3v) is 4.57. The maximum atomic E-state index is 12.7. The van der Waals surface area contributed by atoms with E-state index in [1.807, 2.05) is 73.7 Å². The number of aryl methyl sites for hydroxylation is 1. The van der Waals surface area contributed by atoms with E-state index in [4.69, 9.17) is 9.26 Å². The molecule has 0 saturated heterocycles. The predicted octanol–water partition coefficient (Wildman–Crippen LogP) is 4.97. The van der Waals surface area contributed by atoms with Gasteiger partial charge in [0.2, 0.25) is 5.82 Å². The van der Waals surface area contributed by atoms with Crippen molar-refractivity contribution in [3.63, 3.8) is 0 Å². The van der Waals surface area contributed by atoms with E-state index in [0.717, 1.165) is 16.9 Å². The molecule has 1 amide bonds. The molecule has 0 atom stereocenters. The zero-order valence-electron chi connectivity index (χ0n) is 16.0. The van der Waals surface area contributed by atoms with Gasteiger partial charge in [0.1, 0.15) is 5.75 Å². The number of benzene rings is 3. The zero-order valence-corrected chi connectivity index (χ0v) is 16.0. The fourth-order valence-corrected chi connectivity index (χ4v) is 2.99. The fourth-order valence-electron chi connectivity index (χ4n) is 2.99. The van der Waals surface area contributed by atoms with Crippen molar-refractivity contribution in [3.05, 3.63) is 83.9 Å². The van der Waals surface area contributed by atoms with Crippen molar-refractivity contribution >= 4 is 11.6 Å². The molecule has 29 heavy (non-hydrogen) atoms. The van der Waals surface area contributed by atoms with Gasteiger partial charge in [-0.2, -0.15) is 4.98 Å². The van der Waals surface area contributed by atoms with Crippen LogP contribution in [-0.2, 0) is 0 Å². The zero-order chi connectivity index (χ0) is 20.2. The second-order valence-corrected chi connectivity index (χ2v) is 6.47. The van der Waals surface area contributed by atoms with Gasteiger partial charge in [-0.25, -0.2) is 0 Å². The van der Waals surface area contributed by atoms with Gasteiger partial charge in [-0.05, 0) is 55.0 Å². The molecule has 1 N–H and O–H groups in total. The van der Waals surface area contributed by atoms with Crippen LogP contribution in [0.1, 0.15) is 15.9 Å². The number of amides is 1. The van der Waals surface area contributed by atoms with Gasteiger partial charge in [-0.1, -0.05) is 35.5 Å². The van der Waals surface area contributed by atoms with Crippen molar-refractivity contribution in [2.24, 2.45) is 0 Å². The Bertz CT molecular complexity index is 1150. The summed E-state index contributed by atoms with van der Waals surface area (Å²) in [7, 11) is 1.61. The number of anilines is 1. The Morgan fingerprint density at radius 1 is 0.966 bits per heavy atom. The summed E-state index contributed by atoms with van der Waals surface area (Å²) in [6, 6.07) is 22.2. The molecule has 144 valence electrons. The number of carbonyl (C=O) groups excluding carboxylic acids is 1. The first-order valence-corrected chi connectivity index (χ1v) is 9.10. The highest BCUT2D eigenvalue weighted by Gasteiger charge is 2.16. The van der Waals surface area contributed by atoms with Gasteiger partial charge in [0.15, 0.2) is 0 Å². The fraction of sp³-hybridized carbons (Fsp3) is 0.0870. The minimum absolute atomic E-state index is 0.189. The lowest BCUT2D eigenvalue weighted by atomic mass is 10.1. The Hall–Kier alpha value is -3.93. The highest BCUT2D eigenvalue weighted by atomic mass is 16.5. The maximum Gasteiger partial charge on any atom is 0.260 e. The SMILES string of the molecule is COc1ccc(-c2noc(-c3ccccc3NC(=O)c3ccccc3C)n2)cc1. The number of ether oxygens (including phenoxy) is 1. The van der Waals surface area contributed by atoms with E-state index in [9.17, 15) is 4.79 Å². The smallest absolute Gasteiger partial charge is 0.260 e. The number of para-hydroxylation sites is 1. The Balaban J connectivity index is 1.62. The molecule has 6 nitrogen and oxygen atoms in total. The van der Waals surface area contributed by atoms with Crippen LogP contribution in [-0.4, -0.2) is 23.2 Å². The molecule has 0 aliphatic rings. The van der Waals surface area contributed by atoms with Crippen molar-refractivity contribution in [2.45, 2.75) is 6.92 Å². The van der Waals surface area contributed by atoms with E-state index in [1.165, 1.54) is 0 Å². The molecule has 0 fully saturated rings. The van der Waals surface area contributed by atoms with E-state index in [-0.39, 0.29) is 5.91 Å². The molecule has 0 radical (unpaired) electrons. The van der Waals surface area contributed by atoms with Gasteiger partial charge < -0.3 is 14.6 Å².